The molecule has 0 radical (unpaired) electrons. The van der Waals surface area contributed by atoms with E-state index in [9.17, 15) is 5.11 Å². The van der Waals surface area contributed by atoms with Crippen LogP contribution in [0.5, 0.6) is 0 Å². The molecule has 1 saturated heterocycles. The third-order valence-electron chi connectivity index (χ3n) is 5.85. The zero-order chi connectivity index (χ0) is 21.2. The Labute approximate surface area is 187 Å². The molecule has 0 amide bonds. The van der Waals surface area contributed by atoms with E-state index in [-0.39, 0.29) is 18.7 Å². The van der Waals surface area contributed by atoms with Crippen molar-refractivity contribution in [2.24, 2.45) is 0 Å². The van der Waals surface area contributed by atoms with Crippen LogP contribution in [-0.2, 0) is 0 Å². The normalized spacial score (nSPS) is 18.5. The number of rotatable bonds is 6. The van der Waals surface area contributed by atoms with Gasteiger partial charge in [-0.15, -0.1) is 0 Å². The molecule has 2 N–H and O–H groups in total. The van der Waals surface area contributed by atoms with Crippen molar-refractivity contribution in [3.05, 3.63) is 96.6 Å². The average Bonchev–Trinajstić information content (AvgIpc) is 3.42. The minimum Gasteiger partial charge on any atom is -0.396 e. The van der Waals surface area contributed by atoms with Gasteiger partial charge in [-0.05, 0) is 65.8 Å². The van der Waals surface area contributed by atoms with Crippen molar-refractivity contribution in [1.29, 1.82) is 0 Å². The quantitative estimate of drug-likeness (QED) is 0.447. The molecular weight excluding hydrogens is 404 g/mol. The van der Waals surface area contributed by atoms with Gasteiger partial charge in [-0.2, -0.15) is 0 Å². The number of aliphatic hydroxyl groups excluding tert-OH is 1. The number of aliphatic hydroxyl groups is 1. The molecular formula is C25H24N4OS. The van der Waals surface area contributed by atoms with Crippen LogP contribution in [0.15, 0.2) is 85.2 Å². The largest absolute Gasteiger partial charge is 0.396 e. The van der Waals surface area contributed by atoms with Crippen LogP contribution in [-0.4, -0.2) is 37.8 Å². The highest BCUT2D eigenvalue weighted by atomic mass is 32.1. The van der Waals surface area contributed by atoms with Gasteiger partial charge in [0.25, 0.3) is 0 Å². The summed E-state index contributed by atoms with van der Waals surface area (Å²) in [6, 6.07) is 25.0. The number of hydrogen-bond acceptors (Lipinski definition) is 3. The van der Waals surface area contributed by atoms with Crippen LogP contribution in [0.4, 0.5) is 0 Å². The Morgan fingerprint density at radius 3 is 2.61 bits per heavy atom. The maximum atomic E-state index is 9.44. The molecule has 2 aromatic carbocycles. The van der Waals surface area contributed by atoms with Crippen molar-refractivity contribution >= 4 is 28.1 Å². The number of nitrogens with zero attached hydrogens (tertiary/aromatic N) is 3. The summed E-state index contributed by atoms with van der Waals surface area (Å²) in [5.41, 5.74) is 3.20. The van der Waals surface area contributed by atoms with Gasteiger partial charge < -0.3 is 19.9 Å². The zero-order valence-electron chi connectivity index (χ0n) is 17.1. The van der Waals surface area contributed by atoms with Gasteiger partial charge in [-0.3, -0.25) is 4.98 Å². The van der Waals surface area contributed by atoms with Crippen molar-refractivity contribution < 1.29 is 5.11 Å². The van der Waals surface area contributed by atoms with E-state index >= 15 is 0 Å². The van der Waals surface area contributed by atoms with Crippen LogP contribution < -0.4 is 5.32 Å². The van der Waals surface area contributed by atoms with Gasteiger partial charge in [0.2, 0.25) is 0 Å². The summed E-state index contributed by atoms with van der Waals surface area (Å²) in [7, 11) is 0. The predicted octanol–water partition coefficient (Wildman–Crippen LogP) is 4.38. The summed E-state index contributed by atoms with van der Waals surface area (Å²) in [6.45, 7) is 0.811. The van der Waals surface area contributed by atoms with Crippen molar-refractivity contribution in [2.75, 3.05) is 13.2 Å². The van der Waals surface area contributed by atoms with Gasteiger partial charge in [0.05, 0.1) is 17.8 Å². The van der Waals surface area contributed by atoms with Gasteiger partial charge in [0.15, 0.2) is 5.11 Å². The summed E-state index contributed by atoms with van der Waals surface area (Å²) >= 11 is 5.70. The van der Waals surface area contributed by atoms with Crippen molar-refractivity contribution in [1.82, 2.24) is 19.8 Å². The summed E-state index contributed by atoms with van der Waals surface area (Å²) in [5, 5.41) is 16.0. The van der Waals surface area contributed by atoms with E-state index in [1.807, 2.05) is 24.4 Å². The number of hydrogen-bond donors (Lipinski definition) is 2. The maximum absolute atomic E-state index is 9.44. The van der Waals surface area contributed by atoms with Gasteiger partial charge >= 0.3 is 0 Å². The van der Waals surface area contributed by atoms with E-state index in [1.165, 1.54) is 10.8 Å². The minimum absolute atomic E-state index is 0.0320. The third kappa shape index (κ3) is 3.69. The molecule has 3 heterocycles. The fourth-order valence-corrected chi connectivity index (χ4v) is 4.74. The Kier molecular flexibility index (Phi) is 5.40. The van der Waals surface area contributed by atoms with E-state index in [0.717, 1.165) is 17.1 Å². The average molecular weight is 429 g/mol. The lowest BCUT2D eigenvalue weighted by atomic mass is 10.0. The first-order chi connectivity index (χ1) is 15.3. The summed E-state index contributed by atoms with van der Waals surface area (Å²) < 4.78 is 2.23. The second-order valence-electron chi connectivity index (χ2n) is 7.73. The second kappa shape index (κ2) is 8.49. The lowest BCUT2D eigenvalue weighted by Crippen LogP contribution is -2.31. The molecule has 1 aliphatic rings. The summed E-state index contributed by atoms with van der Waals surface area (Å²) in [4.78, 5) is 6.78. The van der Waals surface area contributed by atoms with E-state index in [2.05, 4.69) is 80.6 Å². The lowest BCUT2D eigenvalue weighted by molar-refractivity contribution is 0.245. The van der Waals surface area contributed by atoms with Crippen molar-refractivity contribution in [3.63, 3.8) is 0 Å². The standard InChI is InChI=1S/C25H24N4OS/c30-16-6-15-29-24(23(27-25(29)31)21-9-3-4-13-26-21)22-10-5-14-28(22)20-12-11-18-7-1-2-8-19(18)17-20/h1-5,7-14,17,23-24,30H,6,15-16H2,(H,27,31). The molecule has 1 aliphatic heterocycles. The number of pyridine rings is 1. The summed E-state index contributed by atoms with van der Waals surface area (Å²) in [6.07, 6.45) is 4.57. The molecule has 31 heavy (non-hydrogen) atoms. The molecule has 1 fully saturated rings. The first-order valence-electron chi connectivity index (χ1n) is 10.5. The molecule has 6 heteroatoms. The Balaban J connectivity index is 1.60. The van der Waals surface area contributed by atoms with Crippen LogP contribution >= 0.6 is 12.2 Å². The van der Waals surface area contributed by atoms with Gasteiger partial charge in [-0.25, -0.2) is 0 Å². The third-order valence-corrected chi connectivity index (χ3v) is 6.20. The molecule has 0 spiro atoms. The maximum Gasteiger partial charge on any atom is 0.170 e. The van der Waals surface area contributed by atoms with Crippen molar-refractivity contribution in [3.8, 4) is 5.69 Å². The van der Waals surface area contributed by atoms with Crippen LogP contribution in [0, 0.1) is 0 Å². The van der Waals surface area contributed by atoms with E-state index in [0.29, 0.717) is 18.1 Å². The Hall–Kier alpha value is -3.22. The smallest absolute Gasteiger partial charge is 0.170 e. The summed E-state index contributed by atoms with van der Waals surface area (Å²) in [5.74, 6) is 0. The Bertz CT molecular complexity index is 1210. The SMILES string of the molecule is OCCCN1C(=S)NC(c2ccccn2)C1c1cccn1-c1ccc2ccccc2c1. The molecule has 0 saturated carbocycles. The first kappa shape index (κ1) is 19.7. The molecule has 5 rings (SSSR count). The highest BCUT2D eigenvalue weighted by Gasteiger charge is 2.40. The molecule has 0 aliphatic carbocycles. The number of fused-ring (bicyclic) bond motifs is 1. The predicted molar refractivity (Wildman–Crippen MR) is 127 cm³/mol. The van der Waals surface area contributed by atoms with E-state index in [1.54, 1.807) is 0 Å². The number of thiocarbonyl (C=S) groups is 1. The zero-order valence-corrected chi connectivity index (χ0v) is 17.9. The second-order valence-corrected chi connectivity index (χ2v) is 8.12. The van der Waals surface area contributed by atoms with Crippen LogP contribution in [0.1, 0.15) is 29.9 Å². The monoisotopic (exact) mass is 428 g/mol. The van der Waals surface area contributed by atoms with E-state index < -0.39 is 0 Å². The van der Waals surface area contributed by atoms with Gasteiger partial charge in [-0.1, -0.05) is 36.4 Å². The van der Waals surface area contributed by atoms with E-state index in [4.69, 9.17) is 12.2 Å². The molecule has 2 atom stereocenters. The van der Waals surface area contributed by atoms with Gasteiger partial charge in [0, 0.05) is 36.9 Å². The van der Waals surface area contributed by atoms with Crippen LogP contribution in [0.3, 0.4) is 0 Å². The van der Waals surface area contributed by atoms with Gasteiger partial charge in [0.1, 0.15) is 0 Å². The lowest BCUT2D eigenvalue weighted by Gasteiger charge is -2.28. The highest BCUT2D eigenvalue weighted by Crippen LogP contribution is 2.39. The number of benzene rings is 2. The number of aromatic nitrogens is 2. The minimum atomic E-state index is -0.0681. The fraction of sp³-hybridized carbons (Fsp3) is 0.200. The molecule has 2 unspecified atom stereocenters. The highest BCUT2D eigenvalue weighted by molar-refractivity contribution is 7.80. The Morgan fingerprint density at radius 2 is 1.81 bits per heavy atom. The molecule has 5 nitrogen and oxygen atoms in total. The van der Waals surface area contributed by atoms with Crippen LogP contribution in [0.2, 0.25) is 0 Å². The fourth-order valence-electron chi connectivity index (χ4n) is 4.41. The Morgan fingerprint density at radius 1 is 0.968 bits per heavy atom. The molecule has 0 bridgehead atoms. The van der Waals surface area contributed by atoms with Crippen molar-refractivity contribution in [2.45, 2.75) is 18.5 Å². The topological polar surface area (TPSA) is 53.3 Å². The molecule has 156 valence electrons. The molecule has 2 aromatic heterocycles. The number of nitrogens with one attached hydrogen (secondary N) is 1. The first-order valence-corrected chi connectivity index (χ1v) is 10.9. The molecule has 4 aromatic rings. The van der Waals surface area contributed by atoms with Crippen LogP contribution in [0.25, 0.3) is 16.5 Å².